The fourth-order valence-corrected chi connectivity index (χ4v) is 3.16. The van der Waals surface area contributed by atoms with Crippen LogP contribution in [0.15, 0.2) is 36.4 Å². The number of carbonyl (C=O) groups is 2. The van der Waals surface area contributed by atoms with Crippen LogP contribution in [-0.2, 0) is 22.4 Å². The molecule has 0 heterocycles. The zero-order chi connectivity index (χ0) is 21.4. The summed E-state index contributed by atoms with van der Waals surface area (Å²) in [5.74, 6) is -0.0763. The molecular formula is C22H26N2O5. The number of carbonyl (C=O) groups excluding carboxylic acids is 1. The van der Waals surface area contributed by atoms with Crippen molar-refractivity contribution in [1.29, 1.82) is 5.41 Å². The van der Waals surface area contributed by atoms with Crippen molar-refractivity contribution in [2.45, 2.75) is 32.6 Å². The summed E-state index contributed by atoms with van der Waals surface area (Å²) < 4.78 is 5.21. The number of amides is 1. The second-order valence-corrected chi connectivity index (χ2v) is 6.64. The van der Waals surface area contributed by atoms with Gasteiger partial charge in [0.1, 0.15) is 17.3 Å². The van der Waals surface area contributed by atoms with E-state index in [0.717, 1.165) is 5.56 Å². The van der Waals surface area contributed by atoms with Gasteiger partial charge in [-0.05, 0) is 49.1 Å². The van der Waals surface area contributed by atoms with Gasteiger partial charge < -0.3 is 19.8 Å². The van der Waals surface area contributed by atoms with Crippen LogP contribution in [0.5, 0.6) is 11.5 Å². The first-order chi connectivity index (χ1) is 13.9. The number of ether oxygens (including phenoxy) is 1. The molecular weight excluding hydrogens is 372 g/mol. The zero-order valence-corrected chi connectivity index (χ0v) is 16.6. The molecule has 0 saturated carbocycles. The lowest BCUT2D eigenvalue weighted by Gasteiger charge is -2.15. The Morgan fingerprint density at radius 1 is 1.24 bits per heavy atom. The highest BCUT2D eigenvalue weighted by molar-refractivity contribution is 5.88. The monoisotopic (exact) mass is 398 g/mol. The zero-order valence-electron chi connectivity index (χ0n) is 16.6. The average molecular weight is 398 g/mol. The minimum absolute atomic E-state index is 0.104. The summed E-state index contributed by atoms with van der Waals surface area (Å²) in [5.41, 5.74) is 2.77. The van der Waals surface area contributed by atoms with Gasteiger partial charge in [-0.15, -0.1) is 0 Å². The number of rotatable bonds is 10. The SMILES string of the molecule is CCN(C=O)C(=N)CCCc1ccc(-c2ccc(OC)c(CC(=O)O)c2)c(O)c1. The molecule has 0 atom stereocenters. The highest BCUT2D eigenvalue weighted by atomic mass is 16.5. The number of aromatic hydroxyl groups is 1. The van der Waals surface area contributed by atoms with Crippen LogP contribution >= 0.6 is 0 Å². The van der Waals surface area contributed by atoms with E-state index in [1.165, 1.54) is 12.0 Å². The summed E-state index contributed by atoms with van der Waals surface area (Å²) in [6, 6.07) is 10.6. The number of benzene rings is 2. The van der Waals surface area contributed by atoms with Crippen molar-refractivity contribution in [2.75, 3.05) is 13.7 Å². The Morgan fingerprint density at radius 3 is 2.59 bits per heavy atom. The van der Waals surface area contributed by atoms with E-state index in [9.17, 15) is 14.7 Å². The number of nitrogens with zero attached hydrogens (tertiary/aromatic N) is 1. The van der Waals surface area contributed by atoms with E-state index >= 15 is 0 Å². The second-order valence-electron chi connectivity index (χ2n) is 6.64. The molecule has 0 aliphatic carbocycles. The average Bonchev–Trinajstić information content (AvgIpc) is 2.68. The molecule has 0 aliphatic rings. The van der Waals surface area contributed by atoms with Crippen LogP contribution in [0.3, 0.4) is 0 Å². The van der Waals surface area contributed by atoms with E-state index in [1.54, 1.807) is 30.3 Å². The van der Waals surface area contributed by atoms with E-state index < -0.39 is 5.97 Å². The predicted molar refractivity (Wildman–Crippen MR) is 111 cm³/mol. The summed E-state index contributed by atoms with van der Waals surface area (Å²) in [6.07, 6.45) is 2.33. The minimum Gasteiger partial charge on any atom is -0.507 e. The number of aliphatic carboxylic acids is 1. The maximum Gasteiger partial charge on any atom is 0.307 e. The Hall–Kier alpha value is -3.35. The molecule has 0 aliphatic heterocycles. The Kier molecular flexibility index (Phi) is 7.77. The Labute approximate surface area is 170 Å². The molecule has 2 rings (SSSR count). The van der Waals surface area contributed by atoms with Gasteiger partial charge in [-0.25, -0.2) is 0 Å². The number of hydrogen-bond acceptors (Lipinski definition) is 5. The lowest BCUT2D eigenvalue weighted by molar-refractivity contribution is -0.136. The van der Waals surface area contributed by atoms with E-state index in [-0.39, 0.29) is 18.0 Å². The molecule has 2 aromatic rings. The number of carboxylic acid groups (broad SMARTS) is 1. The van der Waals surface area contributed by atoms with Crippen molar-refractivity contribution < 1.29 is 24.5 Å². The van der Waals surface area contributed by atoms with Gasteiger partial charge in [0, 0.05) is 24.1 Å². The Bertz CT molecular complexity index is 895. The summed E-state index contributed by atoms with van der Waals surface area (Å²) in [5, 5.41) is 27.5. The number of carboxylic acids is 1. The van der Waals surface area contributed by atoms with Gasteiger partial charge in [0.2, 0.25) is 6.41 Å². The molecule has 0 radical (unpaired) electrons. The van der Waals surface area contributed by atoms with Crippen molar-refractivity contribution >= 4 is 18.2 Å². The highest BCUT2D eigenvalue weighted by Gasteiger charge is 2.12. The molecule has 0 unspecified atom stereocenters. The third-order valence-corrected chi connectivity index (χ3v) is 4.69. The van der Waals surface area contributed by atoms with Crippen LogP contribution in [-0.4, -0.2) is 47.0 Å². The van der Waals surface area contributed by atoms with E-state index in [1.807, 2.05) is 13.0 Å². The maximum absolute atomic E-state index is 11.1. The summed E-state index contributed by atoms with van der Waals surface area (Å²) in [4.78, 5) is 23.3. The number of nitrogens with one attached hydrogen (secondary N) is 1. The quantitative estimate of drug-likeness (QED) is 0.322. The molecule has 0 bridgehead atoms. The van der Waals surface area contributed by atoms with Crippen molar-refractivity contribution in [3.8, 4) is 22.6 Å². The molecule has 7 heteroatoms. The lowest BCUT2D eigenvalue weighted by Crippen LogP contribution is -2.28. The lowest BCUT2D eigenvalue weighted by atomic mass is 9.97. The largest absolute Gasteiger partial charge is 0.507 e. The molecule has 1 amide bonds. The van der Waals surface area contributed by atoms with Gasteiger partial charge >= 0.3 is 5.97 Å². The number of aryl methyl sites for hydroxylation is 1. The van der Waals surface area contributed by atoms with Crippen molar-refractivity contribution in [3.05, 3.63) is 47.5 Å². The fourth-order valence-electron chi connectivity index (χ4n) is 3.16. The third kappa shape index (κ3) is 5.81. The van der Waals surface area contributed by atoms with Crippen LogP contribution < -0.4 is 4.74 Å². The molecule has 0 fully saturated rings. The molecule has 0 saturated heterocycles. The second kappa shape index (κ2) is 10.3. The van der Waals surface area contributed by atoms with Crippen LogP contribution in [0.4, 0.5) is 0 Å². The van der Waals surface area contributed by atoms with Crippen molar-refractivity contribution in [3.63, 3.8) is 0 Å². The van der Waals surface area contributed by atoms with Gasteiger partial charge in [-0.2, -0.15) is 0 Å². The maximum atomic E-state index is 11.1. The van der Waals surface area contributed by atoms with Crippen LogP contribution in [0.2, 0.25) is 0 Å². The van der Waals surface area contributed by atoms with E-state index in [4.69, 9.17) is 15.3 Å². The number of hydrogen-bond donors (Lipinski definition) is 3. The van der Waals surface area contributed by atoms with Gasteiger partial charge in [0.05, 0.1) is 13.5 Å². The minimum atomic E-state index is -0.957. The fraction of sp³-hybridized carbons (Fsp3) is 0.318. The number of methoxy groups -OCH3 is 1. The van der Waals surface area contributed by atoms with Crippen LogP contribution in [0, 0.1) is 5.41 Å². The topological polar surface area (TPSA) is 111 Å². The molecule has 0 aromatic heterocycles. The number of phenols is 1. The number of amidine groups is 1. The Morgan fingerprint density at radius 2 is 2.00 bits per heavy atom. The van der Waals surface area contributed by atoms with Crippen molar-refractivity contribution in [1.82, 2.24) is 4.90 Å². The van der Waals surface area contributed by atoms with E-state index in [2.05, 4.69) is 0 Å². The first-order valence-corrected chi connectivity index (χ1v) is 9.39. The van der Waals surface area contributed by atoms with Gasteiger partial charge in [0.25, 0.3) is 0 Å². The summed E-state index contributed by atoms with van der Waals surface area (Å²) in [6.45, 7) is 2.30. The molecule has 154 valence electrons. The standard InChI is InChI=1S/C22H26N2O5/c1-3-24(14-25)21(23)6-4-5-15-7-9-18(19(26)11-15)16-8-10-20(29-2)17(12-16)13-22(27)28/h7-12,14,23,26H,3-6,13H2,1-2H3,(H,27,28). The molecule has 7 nitrogen and oxygen atoms in total. The van der Waals surface area contributed by atoms with Gasteiger partial charge in [-0.1, -0.05) is 18.2 Å². The van der Waals surface area contributed by atoms with E-state index in [0.29, 0.717) is 54.7 Å². The highest BCUT2D eigenvalue weighted by Crippen LogP contribution is 2.33. The molecule has 29 heavy (non-hydrogen) atoms. The third-order valence-electron chi connectivity index (χ3n) is 4.69. The smallest absolute Gasteiger partial charge is 0.307 e. The first-order valence-electron chi connectivity index (χ1n) is 9.39. The molecule has 3 N–H and O–H groups in total. The molecule has 0 spiro atoms. The van der Waals surface area contributed by atoms with Crippen molar-refractivity contribution in [2.24, 2.45) is 0 Å². The Balaban J connectivity index is 2.12. The first kappa shape index (κ1) is 21.9. The molecule has 2 aromatic carbocycles. The summed E-state index contributed by atoms with van der Waals surface area (Å²) in [7, 11) is 1.49. The normalized spacial score (nSPS) is 10.4. The van der Waals surface area contributed by atoms with Gasteiger partial charge in [-0.3, -0.25) is 15.0 Å². The predicted octanol–water partition coefficient (Wildman–Crippen LogP) is 3.47. The van der Waals surface area contributed by atoms with Crippen LogP contribution in [0.25, 0.3) is 11.1 Å². The van der Waals surface area contributed by atoms with Gasteiger partial charge in [0.15, 0.2) is 0 Å². The summed E-state index contributed by atoms with van der Waals surface area (Å²) >= 11 is 0. The van der Waals surface area contributed by atoms with Crippen LogP contribution in [0.1, 0.15) is 30.9 Å². The number of phenolic OH excluding ortho intramolecular Hbond substituents is 1.